The normalized spacial score (nSPS) is 13.3. The molecule has 0 bridgehead atoms. The molecule has 0 saturated carbocycles. The Kier molecular flexibility index (Phi) is 2.79. The number of nitrogens with zero attached hydrogens (tertiary/aromatic N) is 2. The molecule has 0 radical (unpaired) electrons. The molecule has 1 aliphatic rings. The second-order valence-electron chi connectivity index (χ2n) is 6.00. The van der Waals surface area contributed by atoms with Crippen LogP contribution in [0.15, 0.2) is 18.2 Å². The molecule has 6 heteroatoms. The highest BCUT2D eigenvalue weighted by Gasteiger charge is 2.31. The molecule has 5 nitrogen and oxygen atoms in total. The predicted molar refractivity (Wildman–Crippen MR) is 70.9 cm³/mol. The van der Waals surface area contributed by atoms with Gasteiger partial charge in [0.1, 0.15) is 29.7 Å². The smallest absolute Gasteiger partial charge is 0.146 e. The van der Waals surface area contributed by atoms with Crippen LogP contribution in [0, 0.1) is 5.82 Å². The van der Waals surface area contributed by atoms with Crippen LogP contribution in [0.5, 0.6) is 5.75 Å². The third kappa shape index (κ3) is 2.07. The molecule has 3 rings (SSSR count). The summed E-state index contributed by atoms with van der Waals surface area (Å²) in [5.74, 6) is -0.804. The van der Waals surface area contributed by atoms with Gasteiger partial charge in [0.2, 0.25) is 0 Å². The van der Waals surface area contributed by atoms with Crippen LogP contribution in [-0.2, 0) is 12.0 Å². The molecule has 0 unspecified atom stereocenters. The van der Waals surface area contributed by atoms with E-state index in [1.54, 1.807) is 10.6 Å². The van der Waals surface area contributed by atoms with Gasteiger partial charge in [-0.15, -0.1) is 0 Å². The van der Waals surface area contributed by atoms with Crippen molar-refractivity contribution in [3.05, 3.63) is 41.2 Å². The molecular formula is C15H14FN2O3-. The Bertz CT molecular complexity index is 744. The van der Waals surface area contributed by atoms with Gasteiger partial charge in [0.15, 0.2) is 0 Å². The maximum absolute atomic E-state index is 13.3. The highest BCUT2D eigenvalue weighted by molar-refractivity contribution is 5.85. The zero-order valence-electron chi connectivity index (χ0n) is 11.9. The van der Waals surface area contributed by atoms with Crippen molar-refractivity contribution in [2.75, 3.05) is 0 Å². The first-order chi connectivity index (χ1) is 9.79. The number of carboxylic acids is 1. The number of halogens is 1. The topological polar surface area (TPSA) is 67.2 Å². The maximum Gasteiger partial charge on any atom is 0.146 e. The zero-order chi connectivity index (χ0) is 15.4. The van der Waals surface area contributed by atoms with Gasteiger partial charge in [-0.3, -0.25) is 4.57 Å². The molecule has 0 fully saturated rings. The number of carboxylic acid groups (broad SMARTS) is 1. The van der Waals surface area contributed by atoms with E-state index >= 15 is 0 Å². The van der Waals surface area contributed by atoms with Crippen LogP contribution in [0.2, 0.25) is 0 Å². The fourth-order valence-electron chi connectivity index (χ4n) is 2.45. The van der Waals surface area contributed by atoms with Crippen LogP contribution in [-0.4, -0.2) is 15.5 Å². The number of rotatable bonds is 1. The van der Waals surface area contributed by atoms with E-state index in [-0.39, 0.29) is 17.7 Å². The number of hydrogen-bond acceptors (Lipinski definition) is 4. The maximum atomic E-state index is 13.3. The molecule has 0 spiro atoms. The Balaban J connectivity index is 2.33. The predicted octanol–water partition coefficient (Wildman–Crippen LogP) is 1.56. The van der Waals surface area contributed by atoms with Crippen molar-refractivity contribution in [1.82, 2.24) is 9.55 Å². The minimum atomic E-state index is -1.34. The Labute approximate surface area is 121 Å². The molecule has 21 heavy (non-hydrogen) atoms. The molecule has 1 aliphatic heterocycles. The van der Waals surface area contributed by atoms with Crippen molar-refractivity contribution < 1.29 is 19.0 Å². The van der Waals surface area contributed by atoms with Crippen LogP contribution in [0.3, 0.4) is 0 Å². The van der Waals surface area contributed by atoms with Crippen molar-refractivity contribution in [2.45, 2.75) is 32.8 Å². The largest absolute Gasteiger partial charge is 0.543 e. The molecule has 0 N–H and O–H groups in total. The summed E-state index contributed by atoms with van der Waals surface area (Å²) < 4.78 is 20.5. The van der Waals surface area contributed by atoms with E-state index in [1.165, 1.54) is 12.1 Å². The number of benzene rings is 1. The summed E-state index contributed by atoms with van der Waals surface area (Å²) >= 11 is 0. The van der Waals surface area contributed by atoms with Crippen molar-refractivity contribution in [3.8, 4) is 11.4 Å². The first-order valence-corrected chi connectivity index (χ1v) is 6.55. The second kappa shape index (κ2) is 4.31. The number of imidazole rings is 1. The Morgan fingerprint density at radius 1 is 1.43 bits per heavy atom. The number of carbonyl (C=O) groups is 1. The Morgan fingerprint density at radius 3 is 2.76 bits per heavy atom. The van der Waals surface area contributed by atoms with Crippen molar-refractivity contribution in [3.63, 3.8) is 0 Å². The van der Waals surface area contributed by atoms with E-state index in [9.17, 15) is 14.3 Å². The van der Waals surface area contributed by atoms with Gasteiger partial charge in [-0.25, -0.2) is 9.37 Å². The number of aromatic nitrogens is 2. The van der Waals surface area contributed by atoms with Crippen molar-refractivity contribution >= 4 is 5.97 Å². The molecule has 2 aromatic rings. The molecule has 1 aromatic heterocycles. The van der Waals surface area contributed by atoms with E-state index in [0.29, 0.717) is 23.0 Å². The fraction of sp³-hybridized carbons (Fsp3) is 0.333. The summed E-state index contributed by atoms with van der Waals surface area (Å²) in [6, 6.07) is 4.15. The van der Waals surface area contributed by atoms with E-state index in [1.807, 2.05) is 20.8 Å². The first-order valence-electron chi connectivity index (χ1n) is 6.55. The summed E-state index contributed by atoms with van der Waals surface area (Å²) in [5.41, 5.74) is 0.488. The van der Waals surface area contributed by atoms with E-state index in [4.69, 9.17) is 4.74 Å². The fourth-order valence-corrected chi connectivity index (χ4v) is 2.45. The lowest BCUT2D eigenvalue weighted by atomic mass is 9.95. The summed E-state index contributed by atoms with van der Waals surface area (Å²) in [7, 11) is 0. The number of ether oxygens (including phenoxy) is 1. The third-order valence-electron chi connectivity index (χ3n) is 3.36. The molecule has 0 aliphatic carbocycles. The Hall–Kier alpha value is -2.37. The second-order valence-corrected chi connectivity index (χ2v) is 6.00. The molecule has 2 heterocycles. The minimum absolute atomic E-state index is 0.0167. The summed E-state index contributed by atoms with van der Waals surface area (Å²) in [6.07, 6.45) is 0. The van der Waals surface area contributed by atoms with Gasteiger partial charge in [0.25, 0.3) is 0 Å². The molecular weight excluding hydrogens is 275 g/mol. The first kappa shape index (κ1) is 13.6. The van der Waals surface area contributed by atoms with Crippen LogP contribution in [0.4, 0.5) is 4.39 Å². The van der Waals surface area contributed by atoms with Crippen molar-refractivity contribution in [1.29, 1.82) is 0 Å². The van der Waals surface area contributed by atoms with Crippen molar-refractivity contribution in [2.24, 2.45) is 0 Å². The summed E-state index contributed by atoms with van der Waals surface area (Å²) in [6.45, 7) is 5.81. The monoisotopic (exact) mass is 289 g/mol. The van der Waals surface area contributed by atoms with Crippen LogP contribution >= 0.6 is 0 Å². The number of aromatic carboxylic acids is 1. The van der Waals surface area contributed by atoms with Gasteiger partial charge >= 0.3 is 0 Å². The van der Waals surface area contributed by atoms with Gasteiger partial charge in [0, 0.05) is 11.5 Å². The van der Waals surface area contributed by atoms with Gasteiger partial charge in [-0.1, -0.05) is 20.8 Å². The molecule has 0 amide bonds. The van der Waals surface area contributed by atoms with Gasteiger partial charge < -0.3 is 14.6 Å². The van der Waals surface area contributed by atoms with E-state index in [2.05, 4.69) is 4.98 Å². The quantitative estimate of drug-likeness (QED) is 0.799. The molecule has 110 valence electrons. The highest BCUT2D eigenvalue weighted by Crippen LogP contribution is 2.36. The number of carbonyl (C=O) groups excluding carboxylic acids is 1. The van der Waals surface area contributed by atoms with E-state index in [0.717, 1.165) is 0 Å². The minimum Gasteiger partial charge on any atom is -0.543 e. The third-order valence-corrected chi connectivity index (χ3v) is 3.36. The van der Waals surface area contributed by atoms with Crippen LogP contribution in [0.1, 0.15) is 42.8 Å². The average Bonchev–Trinajstić information content (AvgIpc) is 2.77. The number of hydrogen-bond donors (Lipinski definition) is 0. The van der Waals surface area contributed by atoms with Gasteiger partial charge in [-0.05, 0) is 12.1 Å². The van der Waals surface area contributed by atoms with Gasteiger partial charge in [0.05, 0.1) is 17.4 Å². The Morgan fingerprint density at radius 2 is 2.14 bits per heavy atom. The lowest BCUT2D eigenvalue weighted by Crippen LogP contribution is -2.26. The lowest BCUT2D eigenvalue weighted by Gasteiger charge is -2.26. The lowest BCUT2D eigenvalue weighted by molar-refractivity contribution is -0.255. The average molecular weight is 289 g/mol. The molecule has 1 aromatic carbocycles. The van der Waals surface area contributed by atoms with Crippen LogP contribution in [0.25, 0.3) is 5.69 Å². The number of fused-ring (bicyclic) bond motifs is 3. The van der Waals surface area contributed by atoms with Crippen LogP contribution < -0.4 is 9.84 Å². The van der Waals surface area contributed by atoms with E-state index < -0.39 is 11.8 Å². The zero-order valence-corrected chi connectivity index (χ0v) is 11.9. The SMILES string of the molecule is CC(C)(C)c1nc(C(=O)[O-])c2n1-c1ccc(F)cc1OC2. The summed E-state index contributed by atoms with van der Waals surface area (Å²) in [4.78, 5) is 15.5. The summed E-state index contributed by atoms with van der Waals surface area (Å²) in [5, 5.41) is 11.3. The van der Waals surface area contributed by atoms with Gasteiger partial charge in [-0.2, -0.15) is 0 Å². The molecule has 0 saturated heterocycles. The highest BCUT2D eigenvalue weighted by atomic mass is 19.1. The standard InChI is InChI=1S/C15H15FN2O3/c1-15(2,3)14-17-12(13(19)20)10-7-21-11-6-8(16)4-5-9(11)18(10)14/h4-6H,7H2,1-3H3,(H,19,20)/p-1. The molecule has 0 atom stereocenters.